The molecule has 0 saturated carbocycles. The fourth-order valence-corrected chi connectivity index (χ4v) is 3.44. The van der Waals surface area contributed by atoms with Gasteiger partial charge in [0.15, 0.2) is 0 Å². The fourth-order valence-electron chi connectivity index (χ4n) is 3.08. The largest absolute Gasteiger partial charge is 0.325 e. The maximum absolute atomic E-state index is 11.5. The van der Waals surface area contributed by atoms with Crippen molar-refractivity contribution in [3.8, 4) is 0 Å². The molecule has 0 atom stereocenters. The van der Waals surface area contributed by atoms with Crippen LogP contribution in [0.15, 0.2) is 46.9 Å². The third-order valence-electron chi connectivity index (χ3n) is 4.89. The Labute approximate surface area is 156 Å². The van der Waals surface area contributed by atoms with Crippen LogP contribution in [0.5, 0.6) is 0 Å². The number of anilines is 2. The molecule has 2 amide bonds. The van der Waals surface area contributed by atoms with Gasteiger partial charge >= 0.3 is 0 Å². The van der Waals surface area contributed by atoms with Crippen molar-refractivity contribution in [3.63, 3.8) is 0 Å². The third kappa shape index (κ3) is 2.97. The number of hydrogen-bond acceptors (Lipinski definition) is 2. The van der Waals surface area contributed by atoms with Crippen LogP contribution >= 0.6 is 15.9 Å². The number of carbonyl (C=O) groups is 2. The van der Waals surface area contributed by atoms with Crippen LogP contribution in [0.2, 0.25) is 0 Å². The highest BCUT2D eigenvalue weighted by atomic mass is 79.9. The average molecular weight is 401 g/mol. The average Bonchev–Trinajstić information content (AvgIpc) is 2.92. The molecule has 0 saturated heterocycles. The summed E-state index contributed by atoms with van der Waals surface area (Å²) in [4.78, 5) is 23.0. The maximum atomic E-state index is 11.5. The first-order valence-electron chi connectivity index (χ1n) is 8.16. The van der Waals surface area contributed by atoms with E-state index in [2.05, 4.69) is 26.6 Å². The van der Waals surface area contributed by atoms with Crippen molar-refractivity contribution in [2.75, 3.05) is 10.6 Å². The number of halogens is 1. The molecule has 2 aliphatic rings. The van der Waals surface area contributed by atoms with Gasteiger partial charge < -0.3 is 10.6 Å². The SMILES string of the molecule is CC1(C)C(=O)Nc2ccc(Br)cc21.CC1(C)C(=O)Nc2ccccc21. The van der Waals surface area contributed by atoms with Crippen LogP contribution in [0.4, 0.5) is 11.4 Å². The van der Waals surface area contributed by atoms with Gasteiger partial charge in [-0.2, -0.15) is 0 Å². The standard InChI is InChI=1S/C10H10BrNO.C10H11NO/c1-10(2)7-5-6(11)3-4-8(7)12-9(10)13;1-10(2)7-5-3-4-6-8(7)11-9(10)12/h3-5H,1-2H3,(H,12,13);3-6H,1-2H3,(H,11,12). The van der Waals surface area contributed by atoms with Crippen molar-refractivity contribution in [1.29, 1.82) is 0 Å². The van der Waals surface area contributed by atoms with E-state index in [1.54, 1.807) is 0 Å². The lowest BCUT2D eigenvalue weighted by molar-refractivity contribution is -0.120. The Morgan fingerprint density at radius 2 is 1.28 bits per heavy atom. The van der Waals surface area contributed by atoms with E-state index in [9.17, 15) is 9.59 Å². The van der Waals surface area contributed by atoms with Crippen LogP contribution in [0.25, 0.3) is 0 Å². The molecule has 2 aliphatic heterocycles. The smallest absolute Gasteiger partial charge is 0.234 e. The first-order chi connectivity index (χ1) is 11.6. The van der Waals surface area contributed by atoms with Gasteiger partial charge in [-0.25, -0.2) is 0 Å². The molecule has 2 heterocycles. The van der Waals surface area contributed by atoms with Crippen molar-refractivity contribution >= 4 is 39.1 Å². The molecule has 0 aliphatic carbocycles. The Morgan fingerprint density at radius 1 is 0.760 bits per heavy atom. The molecule has 130 valence electrons. The zero-order chi connectivity index (χ0) is 18.4. The second-order valence-corrected chi connectivity index (χ2v) is 8.31. The van der Waals surface area contributed by atoms with Crippen LogP contribution in [0.3, 0.4) is 0 Å². The van der Waals surface area contributed by atoms with Gasteiger partial charge in [0.25, 0.3) is 0 Å². The lowest BCUT2D eigenvalue weighted by atomic mass is 9.86. The zero-order valence-electron chi connectivity index (χ0n) is 14.7. The molecule has 0 fully saturated rings. The summed E-state index contributed by atoms with van der Waals surface area (Å²) in [5.41, 5.74) is 3.27. The van der Waals surface area contributed by atoms with Crippen molar-refractivity contribution in [1.82, 2.24) is 0 Å². The topological polar surface area (TPSA) is 58.2 Å². The minimum Gasteiger partial charge on any atom is -0.325 e. The molecular formula is C20H21BrN2O2. The minimum absolute atomic E-state index is 0.0700. The second-order valence-electron chi connectivity index (χ2n) is 7.39. The third-order valence-corrected chi connectivity index (χ3v) is 5.38. The number of benzene rings is 2. The minimum atomic E-state index is -0.404. The van der Waals surface area contributed by atoms with Crippen LogP contribution in [-0.4, -0.2) is 11.8 Å². The summed E-state index contributed by atoms with van der Waals surface area (Å²) in [5, 5.41) is 5.70. The molecule has 2 aromatic rings. The molecule has 4 nitrogen and oxygen atoms in total. The van der Waals surface area contributed by atoms with Gasteiger partial charge in [0.05, 0.1) is 10.8 Å². The second kappa shape index (κ2) is 5.99. The first-order valence-corrected chi connectivity index (χ1v) is 8.96. The first kappa shape index (κ1) is 17.7. The molecular weight excluding hydrogens is 380 g/mol. The van der Waals surface area contributed by atoms with Crippen LogP contribution in [0.1, 0.15) is 38.8 Å². The Morgan fingerprint density at radius 3 is 1.88 bits per heavy atom. The van der Waals surface area contributed by atoms with Crippen molar-refractivity contribution in [2.24, 2.45) is 0 Å². The Kier molecular flexibility index (Phi) is 4.23. The van der Waals surface area contributed by atoms with Crippen molar-refractivity contribution < 1.29 is 9.59 Å². The quantitative estimate of drug-likeness (QED) is 0.678. The number of fused-ring (bicyclic) bond motifs is 2. The zero-order valence-corrected chi connectivity index (χ0v) is 16.3. The maximum Gasteiger partial charge on any atom is 0.234 e. The monoisotopic (exact) mass is 400 g/mol. The van der Waals surface area contributed by atoms with E-state index in [1.807, 2.05) is 70.2 Å². The number of carbonyl (C=O) groups excluding carboxylic acids is 2. The summed E-state index contributed by atoms with van der Waals surface area (Å²) in [6.07, 6.45) is 0. The van der Waals surface area contributed by atoms with Gasteiger partial charge in [0.2, 0.25) is 11.8 Å². The molecule has 5 heteroatoms. The normalized spacial score (nSPS) is 18.4. The number of rotatable bonds is 0. The highest BCUT2D eigenvalue weighted by Crippen LogP contribution is 2.38. The van der Waals surface area contributed by atoms with Crippen molar-refractivity contribution in [2.45, 2.75) is 38.5 Å². The van der Waals surface area contributed by atoms with Gasteiger partial charge in [0.1, 0.15) is 0 Å². The summed E-state index contributed by atoms with van der Waals surface area (Å²) >= 11 is 3.40. The predicted molar refractivity (Wildman–Crippen MR) is 104 cm³/mol. The van der Waals surface area contributed by atoms with E-state index < -0.39 is 5.41 Å². The van der Waals surface area contributed by atoms with Gasteiger partial charge in [-0.1, -0.05) is 34.1 Å². The highest BCUT2D eigenvalue weighted by Gasteiger charge is 2.38. The predicted octanol–water partition coefficient (Wildman–Crippen LogP) is 4.60. The molecule has 2 N–H and O–H groups in total. The molecule has 25 heavy (non-hydrogen) atoms. The van der Waals surface area contributed by atoms with Crippen LogP contribution < -0.4 is 10.6 Å². The van der Waals surface area contributed by atoms with Crippen LogP contribution in [0, 0.1) is 0 Å². The fraction of sp³-hybridized carbons (Fsp3) is 0.300. The van der Waals surface area contributed by atoms with Gasteiger partial charge in [0, 0.05) is 15.8 Å². The summed E-state index contributed by atoms with van der Waals surface area (Å²) < 4.78 is 1.01. The Bertz CT molecular complexity index is 872. The van der Waals surface area contributed by atoms with E-state index in [0.717, 1.165) is 27.0 Å². The molecule has 4 rings (SSSR count). The molecule has 2 aromatic carbocycles. The van der Waals surface area contributed by atoms with E-state index in [4.69, 9.17) is 0 Å². The summed E-state index contributed by atoms with van der Waals surface area (Å²) in [6.45, 7) is 7.74. The van der Waals surface area contributed by atoms with Gasteiger partial charge in [-0.05, 0) is 63.1 Å². The van der Waals surface area contributed by atoms with Gasteiger partial charge in [-0.3, -0.25) is 9.59 Å². The summed E-state index contributed by atoms with van der Waals surface area (Å²) in [6, 6.07) is 13.7. The van der Waals surface area contributed by atoms with Gasteiger partial charge in [-0.15, -0.1) is 0 Å². The van der Waals surface area contributed by atoms with Crippen LogP contribution in [-0.2, 0) is 20.4 Å². The number of hydrogen-bond donors (Lipinski definition) is 2. The van der Waals surface area contributed by atoms with E-state index in [0.29, 0.717) is 0 Å². The molecule has 0 aromatic heterocycles. The molecule has 0 bridgehead atoms. The lowest BCUT2D eigenvalue weighted by Gasteiger charge is -2.14. The van der Waals surface area contributed by atoms with E-state index in [1.165, 1.54) is 0 Å². The summed E-state index contributed by atoms with van der Waals surface area (Å²) in [7, 11) is 0. The molecule has 0 spiro atoms. The summed E-state index contributed by atoms with van der Waals surface area (Å²) in [5.74, 6) is 0.157. The Hall–Kier alpha value is -2.14. The molecule has 0 unspecified atom stereocenters. The Balaban J connectivity index is 0.000000146. The number of para-hydroxylation sites is 1. The van der Waals surface area contributed by atoms with E-state index >= 15 is 0 Å². The lowest BCUT2D eigenvalue weighted by Crippen LogP contribution is -2.26. The van der Waals surface area contributed by atoms with Crippen molar-refractivity contribution in [3.05, 3.63) is 58.1 Å². The van der Waals surface area contributed by atoms with E-state index in [-0.39, 0.29) is 17.2 Å². The number of amides is 2. The highest BCUT2D eigenvalue weighted by molar-refractivity contribution is 9.10. The number of nitrogens with one attached hydrogen (secondary N) is 2. The molecule has 0 radical (unpaired) electrons.